The van der Waals surface area contributed by atoms with E-state index < -0.39 is 10.0 Å². The van der Waals surface area contributed by atoms with Gasteiger partial charge in [0.15, 0.2) is 0 Å². The monoisotopic (exact) mass is 333 g/mol. The van der Waals surface area contributed by atoms with Crippen LogP contribution < -0.4 is 14.8 Å². The minimum Gasteiger partial charge on any atom is -0.497 e. The third-order valence-corrected chi connectivity index (χ3v) is 5.30. The zero-order valence-corrected chi connectivity index (χ0v) is 13.5. The molecule has 1 aromatic carbocycles. The van der Waals surface area contributed by atoms with Crippen LogP contribution in [0.2, 0.25) is 5.02 Å². The van der Waals surface area contributed by atoms with E-state index in [1.165, 1.54) is 19.2 Å². The maximum absolute atomic E-state index is 12.3. The molecule has 1 aromatic rings. The number of benzene rings is 1. The van der Waals surface area contributed by atoms with Crippen molar-refractivity contribution in [2.45, 2.75) is 4.90 Å². The van der Waals surface area contributed by atoms with Crippen molar-refractivity contribution in [2.24, 2.45) is 0 Å². The second kappa shape index (κ2) is 7.42. The van der Waals surface area contributed by atoms with Crippen LogP contribution in [0.15, 0.2) is 23.1 Å². The lowest BCUT2D eigenvalue weighted by Crippen LogP contribution is -2.46. The molecule has 1 saturated heterocycles. The van der Waals surface area contributed by atoms with Crippen molar-refractivity contribution in [2.75, 3.05) is 46.4 Å². The normalized spacial score (nSPS) is 16.9. The maximum atomic E-state index is 12.3. The van der Waals surface area contributed by atoms with Crippen molar-refractivity contribution < 1.29 is 13.2 Å². The van der Waals surface area contributed by atoms with E-state index in [9.17, 15) is 8.42 Å². The lowest BCUT2D eigenvalue weighted by Gasteiger charge is -2.27. The Morgan fingerprint density at radius 3 is 2.76 bits per heavy atom. The number of hydrogen-bond donors (Lipinski definition) is 2. The zero-order chi connectivity index (χ0) is 15.3. The molecular weight excluding hydrogens is 314 g/mol. The number of rotatable bonds is 6. The van der Waals surface area contributed by atoms with Gasteiger partial charge in [-0.3, -0.25) is 4.90 Å². The number of sulfonamides is 1. The molecule has 1 heterocycles. The van der Waals surface area contributed by atoms with Crippen LogP contribution in [-0.2, 0) is 10.0 Å². The smallest absolute Gasteiger partial charge is 0.242 e. The summed E-state index contributed by atoms with van der Waals surface area (Å²) in [5.74, 6) is 0.460. The van der Waals surface area contributed by atoms with Gasteiger partial charge < -0.3 is 10.1 Å². The van der Waals surface area contributed by atoms with Crippen LogP contribution in [0.5, 0.6) is 5.75 Å². The van der Waals surface area contributed by atoms with Gasteiger partial charge in [-0.15, -0.1) is 0 Å². The van der Waals surface area contributed by atoms with Gasteiger partial charge >= 0.3 is 0 Å². The van der Waals surface area contributed by atoms with Gasteiger partial charge in [-0.25, -0.2) is 13.1 Å². The Balaban J connectivity index is 1.97. The molecule has 2 N–H and O–H groups in total. The number of hydrogen-bond acceptors (Lipinski definition) is 5. The van der Waals surface area contributed by atoms with E-state index in [1.54, 1.807) is 6.07 Å². The van der Waals surface area contributed by atoms with E-state index in [-0.39, 0.29) is 9.92 Å². The molecule has 1 fully saturated rings. The molecule has 8 heteroatoms. The standard InChI is InChI=1S/C13H20ClN3O3S/c1-20-11-2-3-12(14)13(10-11)21(18,19)16-6-9-17-7-4-15-5-8-17/h2-3,10,15-16H,4-9H2,1H3. The lowest BCUT2D eigenvalue weighted by molar-refractivity contribution is 0.245. The molecule has 0 unspecified atom stereocenters. The fourth-order valence-corrected chi connectivity index (χ4v) is 3.70. The molecule has 1 aliphatic rings. The lowest BCUT2D eigenvalue weighted by atomic mass is 10.3. The first kappa shape index (κ1) is 16.5. The van der Waals surface area contributed by atoms with Crippen molar-refractivity contribution in [3.05, 3.63) is 23.2 Å². The molecule has 0 aromatic heterocycles. The van der Waals surface area contributed by atoms with Crippen molar-refractivity contribution >= 4 is 21.6 Å². The highest BCUT2D eigenvalue weighted by molar-refractivity contribution is 7.89. The molecule has 118 valence electrons. The highest BCUT2D eigenvalue weighted by Crippen LogP contribution is 2.25. The molecule has 0 bridgehead atoms. The van der Waals surface area contributed by atoms with E-state index >= 15 is 0 Å². The van der Waals surface area contributed by atoms with E-state index in [4.69, 9.17) is 16.3 Å². The quantitative estimate of drug-likeness (QED) is 0.795. The van der Waals surface area contributed by atoms with Crippen LogP contribution in [-0.4, -0.2) is 59.7 Å². The summed E-state index contributed by atoms with van der Waals surface area (Å²) in [5, 5.41) is 3.44. The van der Waals surface area contributed by atoms with Gasteiger partial charge in [0.25, 0.3) is 0 Å². The van der Waals surface area contributed by atoms with Crippen LogP contribution in [0.25, 0.3) is 0 Å². The summed E-state index contributed by atoms with van der Waals surface area (Å²) in [6, 6.07) is 4.57. The summed E-state index contributed by atoms with van der Waals surface area (Å²) in [7, 11) is -2.15. The van der Waals surface area contributed by atoms with Gasteiger partial charge in [0, 0.05) is 45.3 Å². The molecule has 6 nitrogen and oxygen atoms in total. The van der Waals surface area contributed by atoms with Crippen LogP contribution in [0.4, 0.5) is 0 Å². The maximum Gasteiger partial charge on any atom is 0.242 e. The van der Waals surface area contributed by atoms with Crippen LogP contribution >= 0.6 is 11.6 Å². The molecule has 21 heavy (non-hydrogen) atoms. The van der Waals surface area contributed by atoms with Crippen LogP contribution in [0, 0.1) is 0 Å². The molecular formula is C13H20ClN3O3S. The average Bonchev–Trinajstić information content (AvgIpc) is 2.48. The Hall–Kier alpha value is -0.860. The Labute approximate surface area is 130 Å². The number of ether oxygens (including phenoxy) is 1. The van der Waals surface area contributed by atoms with Crippen LogP contribution in [0.1, 0.15) is 0 Å². The predicted octanol–water partition coefficient (Wildman–Crippen LogP) is 0.532. The minimum atomic E-state index is -3.63. The fourth-order valence-electron chi connectivity index (χ4n) is 2.17. The topological polar surface area (TPSA) is 70.7 Å². The van der Waals surface area contributed by atoms with Gasteiger partial charge in [0.2, 0.25) is 10.0 Å². The number of nitrogens with one attached hydrogen (secondary N) is 2. The summed E-state index contributed by atoms with van der Waals surface area (Å²) in [5.41, 5.74) is 0. The molecule has 0 saturated carbocycles. The minimum absolute atomic E-state index is 0.0452. The molecule has 0 radical (unpaired) electrons. The number of halogens is 1. The second-order valence-corrected chi connectivity index (χ2v) is 6.93. The molecule has 2 rings (SSSR count). The summed E-state index contributed by atoms with van der Waals surface area (Å²) < 4.78 is 32.2. The molecule has 0 spiro atoms. The molecule has 0 amide bonds. The summed E-state index contributed by atoms with van der Waals surface area (Å²) in [4.78, 5) is 2.26. The van der Waals surface area contributed by atoms with Gasteiger partial charge in [-0.05, 0) is 12.1 Å². The molecule has 1 aliphatic heterocycles. The average molecular weight is 334 g/mol. The van der Waals surface area contributed by atoms with E-state index in [2.05, 4.69) is 14.9 Å². The Bertz CT molecular complexity index is 574. The van der Waals surface area contributed by atoms with Gasteiger partial charge in [0.05, 0.1) is 12.1 Å². The fraction of sp³-hybridized carbons (Fsp3) is 0.538. The van der Waals surface area contributed by atoms with Crippen LogP contribution in [0.3, 0.4) is 0 Å². The Kier molecular flexibility index (Phi) is 5.83. The highest BCUT2D eigenvalue weighted by atomic mass is 35.5. The first-order valence-corrected chi connectivity index (χ1v) is 8.65. The van der Waals surface area contributed by atoms with E-state index in [0.29, 0.717) is 18.8 Å². The largest absolute Gasteiger partial charge is 0.497 e. The Morgan fingerprint density at radius 2 is 2.10 bits per heavy atom. The summed E-state index contributed by atoms with van der Waals surface area (Å²) >= 11 is 5.97. The SMILES string of the molecule is COc1ccc(Cl)c(S(=O)(=O)NCCN2CCNCC2)c1. The van der Waals surface area contributed by atoms with Gasteiger partial charge in [-0.1, -0.05) is 11.6 Å². The predicted molar refractivity (Wildman–Crippen MR) is 82.5 cm³/mol. The van der Waals surface area contributed by atoms with E-state index in [1.807, 2.05) is 0 Å². The van der Waals surface area contributed by atoms with Gasteiger partial charge in [0.1, 0.15) is 10.6 Å². The summed E-state index contributed by atoms with van der Waals surface area (Å²) in [6.07, 6.45) is 0. The number of nitrogens with zero attached hydrogens (tertiary/aromatic N) is 1. The third-order valence-electron chi connectivity index (χ3n) is 3.36. The van der Waals surface area contributed by atoms with Crippen molar-refractivity contribution in [3.63, 3.8) is 0 Å². The van der Waals surface area contributed by atoms with Crippen molar-refractivity contribution in [1.29, 1.82) is 0 Å². The highest BCUT2D eigenvalue weighted by Gasteiger charge is 2.19. The Morgan fingerprint density at radius 1 is 1.38 bits per heavy atom. The first-order chi connectivity index (χ1) is 10.0. The molecule has 0 atom stereocenters. The number of methoxy groups -OCH3 is 1. The zero-order valence-electron chi connectivity index (χ0n) is 11.9. The molecule has 0 aliphatic carbocycles. The van der Waals surface area contributed by atoms with Gasteiger partial charge in [-0.2, -0.15) is 0 Å². The third kappa shape index (κ3) is 4.55. The first-order valence-electron chi connectivity index (χ1n) is 6.79. The van der Waals surface area contributed by atoms with E-state index in [0.717, 1.165) is 26.2 Å². The van der Waals surface area contributed by atoms with Crippen molar-refractivity contribution in [3.8, 4) is 5.75 Å². The second-order valence-electron chi connectivity index (χ2n) is 4.79. The van der Waals surface area contributed by atoms with Crippen molar-refractivity contribution in [1.82, 2.24) is 14.9 Å². The number of piperazine rings is 1. The summed E-state index contributed by atoms with van der Waals surface area (Å²) in [6.45, 7) is 4.78.